The van der Waals surface area contributed by atoms with Crippen molar-refractivity contribution in [1.82, 2.24) is 19.5 Å². The number of halogens is 1. The quantitative estimate of drug-likeness (QED) is 0.489. The van der Waals surface area contributed by atoms with E-state index in [1.165, 1.54) is 0 Å². The summed E-state index contributed by atoms with van der Waals surface area (Å²) < 4.78 is 7.39. The van der Waals surface area contributed by atoms with Crippen molar-refractivity contribution in [3.63, 3.8) is 0 Å². The summed E-state index contributed by atoms with van der Waals surface area (Å²) in [7, 11) is 0. The molecule has 31 heavy (non-hydrogen) atoms. The van der Waals surface area contributed by atoms with Gasteiger partial charge in [-0.3, -0.25) is 9.39 Å². The van der Waals surface area contributed by atoms with Crippen molar-refractivity contribution in [2.45, 2.75) is 31.9 Å². The van der Waals surface area contributed by atoms with E-state index in [2.05, 4.69) is 26.2 Å². The third-order valence-corrected chi connectivity index (χ3v) is 5.74. The van der Waals surface area contributed by atoms with Crippen molar-refractivity contribution in [2.75, 3.05) is 0 Å². The molecule has 1 aliphatic carbocycles. The highest BCUT2D eigenvalue weighted by Crippen LogP contribution is 2.32. The molecule has 1 N–H and O–H groups in total. The predicted octanol–water partition coefficient (Wildman–Crippen LogP) is 4.99. The molecule has 1 aromatic carbocycles. The number of benzene rings is 1. The molecule has 0 saturated carbocycles. The molecule has 0 aliphatic heterocycles. The summed E-state index contributed by atoms with van der Waals surface area (Å²) in [6.07, 6.45) is 5.99. The summed E-state index contributed by atoms with van der Waals surface area (Å²) in [5.41, 5.74) is 4.10. The Labute approximate surface area is 183 Å². The molecule has 0 amide bonds. The van der Waals surface area contributed by atoms with E-state index in [-0.39, 0.29) is 5.92 Å². The van der Waals surface area contributed by atoms with Crippen molar-refractivity contribution >= 4 is 23.0 Å². The largest absolute Gasteiger partial charge is 0.367 e. The van der Waals surface area contributed by atoms with Crippen molar-refractivity contribution in [3.8, 4) is 11.4 Å². The third-order valence-electron chi connectivity index (χ3n) is 5.49. The van der Waals surface area contributed by atoms with Crippen LogP contribution in [0.15, 0.2) is 76.0 Å². The van der Waals surface area contributed by atoms with E-state index in [1.807, 2.05) is 47.9 Å². The molecule has 156 valence electrons. The molecule has 7 nitrogen and oxygen atoms in total. The summed E-state index contributed by atoms with van der Waals surface area (Å²) in [6.45, 7) is 2.00. The maximum absolute atomic E-state index is 10.8. The zero-order valence-corrected chi connectivity index (χ0v) is 17.6. The molecule has 2 unspecified atom stereocenters. The minimum absolute atomic E-state index is 0.00499. The van der Waals surface area contributed by atoms with Gasteiger partial charge in [0, 0.05) is 34.8 Å². The molecule has 0 spiro atoms. The fraction of sp³-hybridized carbons (Fsp3) is 0.217. The Bertz CT molecular complexity index is 1290. The number of hydrogen-bond acceptors (Lipinski definition) is 6. The van der Waals surface area contributed by atoms with E-state index in [1.54, 1.807) is 18.3 Å². The van der Waals surface area contributed by atoms with Crippen LogP contribution in [0.4, 0.5) is 0 Å². The highest BCUT2D eigenvalue weighted by Gasteiger charge is 2.26. The van der Waals surface area contributed by atoms with Gasteiger partial charge in [-0.2, -0.15) is 4.98 Å². The van der Waals surface area contributed by atoms with Crippen LogP contribution >= 0.6 is 11.6 Å². The highest BCUT2D eigenvalue weighted by molar-refractivity contribution is 6.30. The third kappa shape index (κ3) is 3.89. The Morgan fingerprint density at radius 3 is 2.90 bits per heavy atom. The minimum Gasteiger partial charge on any atom is -0.367 e. The predicted molar refractivity (Wildman–Crippen MR) is 118 cm³/mol. The molecular weight excluding hydrogens is 414 g/mol. The van der Waals surface area contributed by atoms with Crippen LogP contribution in [0.1, 0.15) is 43.5 Å². The zero-order valence-electron chi connectivity index (χ0n) is 16.8. The van der Waals surface area contributed by atoms with Gasteiger partial charge in [0.25, 0.3) is 0 Å². The second-order valence-corrected chi connectivity index (χ2v) is 7.98. The van der Waals surface area contributed by atoms with Crippen molar-refractivity contribution < 1.29 is 9.63 Å². The van der Waals surface area contributed by atoms with Crippen LogP contribution in [0.3, 0.4) is 0 Å². The van der Waals surface area contributed by atoms with Gasteiger partial charge in [0.1, 0.15) is 5.65 Å². The fourth-order valence-electron chi connectivity index (χ4n) is 3.73. The highest BCUT2D eigenvalue weighted by atomic mass is 35.5. The number of allylic oxidation sites excluding steroid dienone is 2. The number of imidazole rings is 1. The number of aliphatic imine (C=N–C) groups is 1. The lowest BCUT2D eigenvalue weighted by atomic mass is 9.88. The van der Waals surface area contributed by atoms with E-state index in [9.17, 15) is 5.11 Å². The average Bonchev–Trinajstić information content (AvgIpc) is 3.43. The van der Waals surface area contributed by atoms with Crippen LogP contribution in [0.25, 0.3) is 17.0 Å². The molecule has 8 heteroatoms. The van der Waals surface area contributed by atoms with Crippen LogP contribution in [0, 0.1) is 0 Å². The van der Waals surface area contributed by atoms with E-state index in [0.717, 1.165) is 28.9 Å². The van der Waals surface area contributed by atoms with E-state index in [0.29, 0.717) is 28.9 Å². The van der Waals surface area contributed by atoms with Crippen molar-refractivity contribution in [3.05, 3.63) is 83.1 Å². The maximum Gasteiger partial charge on any atom is 0.230 e. The molecule has 0 fully saturated rings. The number of fused-ring (bicyclic) bond motifs is 1. The first kappa shape index (κ1) is 19.7. The zero-order chi connectivity index (χ0) is 21.4. The van der Waals surface area contributed by atoms with Crippen LogP contribution in [-0.2, 0) is 0 Å². The standard InChI is InChI=1S/C23H20ClN5O2/c1-14-5-6-16(23-27-21(28-31-23)15-7-9-17(24)10-8-15)12-18(14)26-22(30)19-13-25-20-4-2-3-11-29(19)20/h2-5,7-11,13,16,22,30H,6,12H2,1H3. The monoisotopic (exact) mass is 433 g/mol. The van der Waals surface area contributed by atoms with E-state index in [4.69, 9.17) is 16.1 Å². The molecular formula is C23H20ClN5O2. The first-order chi connectivity index (χ1) is 15.1. The van der Waals surface area contributed by atoms with Gasteiger partial charge >= 0.3 is 0 Å². The Hall–Kier alpha value is -3.29. The van der Waals surface area contributed by atoms with Crippen LogP contribution in [0.5, 0.6) is 0 Å². The molecule has 0 saturated heterocycles. The summed E-state index contributed by atoms with van der Waals surface area (Å²) in [6, 6.07) is 13.0. The second-order valence-electron chi connectivity index (χ2n) is 7.55. The first-order valence-corrected chi connectivity index (χ1v) is 10.4. The Morgan fingerprint density at radius 2 is 2.06 bits per heavy atom. The molecule has 3 heterocycles. The lowest BCUT2D eigenvalue weighted by Crippen LogP contribution is -2.15. The summed E-state index contributed by atoms with van der Waals surface area (Å²) in [4.78, 5) is 13.5. The van der Waals surface area contributed by atoms with Crippen molar-refractivity contribution in [2.24, 2.45) is 4.99 Å². The number of rotatable bonds is 4. The van der Waals surface area contributed by atoms with Crippen LogP contribution in [0.2, 0.25) is 5.02 Å². The first-order valence-electron chi connectivity index (χ1n) is 10.0. The lowest BCUT2D eigenvalue weighted by molar-refractivity contribution is 0.182. The molecule has 3 aromatic heterocycles. The van der Waals surface area contributed by atoms with Gasteiger partial charge in [0.15, 0.2) is 6.23 Å². The maximum atomic E-state index is 10.8. The molecule has 0 bridgehead atoms. The summed E-state index contributed by atoms with van der Waals surface area (Å²) >= 11 is 5.96. The van der Waals surface area contributed by atoms with Gasteiger partial charge < -0.3 is 9.63 Å². The molecule has 2 atom stereocenters. The fourth-order valence-corrected chi connectivity index (χ4v) is 3.86. The number of aliphatic hydroxyl groups is 1. The number of aliphatic hydroxyl groups excluding tert-OH is 1. The summed E-state index contributed by atoms with van der Waals surface area (Å²) in [5.74, 6) is 1.10. The van der Waals surface area contributed by atoms with Gasteiger partial charge in [-0.1, -0.05) is 28.9 Å². The van der Waals surface area contributed by atoms with E-state index < -0.39 is 6.23 Å². The lowest BCUT2D eigenvalue weighted by Gasteiger charge is -2.20. The number of nitrogens with zero attached hydrogens (tertiary/aromatic N) is 5. The molecule has 1 aliphatic rings. The topological polar surface area (TPSA) is 88.8 Å². The average molecular weight is 434 g/mol. The Balaban J connectivity index is 1.39. The van der Waals surface area contributed by atoms with Gasteiger partial charge in [-0.25, -0.2) is 4.98 Å². The second kappa shape index (κ2) is 8.09. The SMILES string of the molecule is CC1=CCC(c2nc(-c3ccc(Cl)cc3)no2)CC1=NC(O)c1cnc2ccccn12. The number of pyridine rings is 1. The molecule has 0 radical (unpaired) electrons. The normalized spacial score (nSPS) is 19.0. The van der Waals surface area contributed by atoms with Gasteiger partial charge in [-0.05, 0) is 55.3 Å². The summed E-state index contributed by atoms with van der Waals surface area (Å²) in [5, 5.41) is 15.6. The van der Waals surface area contributed by atoms with Crippen LogP contribution < -0.4 is 0 Å². The Kier molecular flexibility index (Phi) is 5.13. The van der Waals surface area contributed by atoms with Crippen molar-refractivity contribution in [1.29, 1.82) is 0 Å². The molecule has 4 aromatic rings. The minimum atomic E-state index is -1.01. The van der Waals surface area contributed by atoms with Crippen LogP contribution in [-0.4, -0.2) is 30.3 Å². The number of aromatic nitrogens is 4. The van der Waals surface area contributed by atoms with Gasteiger partial charge in [0.05, 0.1) is 11.9 Å². The number of hydrogen-bond donors (Lipinski definition) is 1. The Morgan fingerprint density at radius 1 is 1.23 bits per heavy atom. The smallest absolute Gasteiger partial charge is 0.230 e. The van der Waals surface area contributed by atoms with E-state index >= 15 is 0 Å². The molecule has 5 rings (SSSR count). The van der Waals surface area contributed by atoms with Gasteiger partial charge in [0.2, 0.25) is 11.7 Å². The van der Waals surface area contributed by atoms with Gasteiger partial charge in [-0.15, -0.1) is 0 Å².